The van der Waals surface area contributed by atoms with Gasteiger partial charge in [0.15, 0.2) is 11.5 Å². The van der Waals surface area contributed by atoms with E-state index in [4.69, 9.17) is 32.7 Å². The van der Waals surface area contributed by atoms with Gasteiger partial charge >= 0.3 is 5.97 Å². The van der Waals surface area contributed by atoms with Crippen molar-refractivity contribution in [2.75, 3.05) is 26.7 Å². The lowest BCUT2D eigenvalue weighted by Gasteiger charge is -2.18. The van der Waals surface area contributed by atoms with Crippen LogP contribution < -0.4 is 9.47 Å². The SMILES string of the molecule is COc1cccc(/C=C2\SC(=O)N(CC(=O)N3CCCC3)C2=O)c1OC(=O)c1ccc(Cl)cc1Cl. The number of benzene rings is 2. The maximum Gasteiger partial charge on any atom is 0.345 e. The molecule has 182 valence electrons. The van der Waals surface area contributed by atoms with E-state index < -0.39 is 17.1 Å². The van der Waals surface area contributed by atoms with Crippen LogP contribution in [0.5, 0.6) is 11.5 Å². The molecule has 35 heavy (non-hydrogen) atoms. The highest BCUT2D eigenvalue weighted by molar-refractivity contribution is 8.18. The fraction of sp³-hybridized carbons (Fsp3) is 0.250. The van der Waals surface area contributed by atoms with Gasteiger partial charge in [0.25, 0.3) is 11.1 Å². The van der Waals surface area contributed by atoms with Crippen molar-refractivity contribution in [3.05, 3.63) is 62.5 Å². The highest BCUT2D eigenvalue weighted by Gasteiger charge is 2.37. The standard InChI is InChI=1S/C24H20Cl2N2O6S/c1-33-18-6-4-5-14(21(18)34-23(31)16-8-7-15(25)12-17(16)26)11-19-22(30)28(24(32)35-19)13-20(29)27-9-2-3-10-27/h4-8,11-12H,2-3,9-10,13H2,1H3/b19-11-. The molecule has 0 radical (unpaired) electrons. The minimum absolute atomic E-state index is 0.0472. The minimum Gasteiger partial charge on any atom is -0.493 e. The van der Waals surface area contributed by atoms with Gasteiger partial charge in [-0.15, -0.1) is 0 Å². The zero-order chi connectivity index (χ0) is 25.1. The predicted octanol–water partition coefficient (Wildman–Crippen LogP) is 4.88. The highest BCUT2D eigenvalue weighted by atomic mass is 35.5. The van der Waals surface area contributed by atoms with Crippen LogP contribution in [-0.4, -0.2) is 59.6 Å². The first kappa shape index (κ1) is 25.1. The van der Waals surface area contributed by atoms with E-state index >= 15 is 0 Å². The smallest absolute Gasteiger partial charge is 0.345 e. The molecule has 2 heterocycles. The highest BCUT2D eigenvalue weighted by Crippen LogP contribution is 2.38. The lowest BCUT2D eigenvalue weighted by atomic mass is 10.1. The Morgan fingerprint density at radius 1 is 1.11 bits per heavy atom. The number of methoxy groups -OCH3 is 1. The van der Waals surface area contributed by atoms with Gasteiger partial charge in [-0.2, -0.15) is 0 Å². The first-order valence-electron chi connectivity index (χ1n) is 10.7. The number of hydrogen-bond acceptors (Lipinski definition) is 7. The molecule has 0 aromatic heterocycles. The normalized spacial score (nSPS) is 16.8. The minimum atomic E-state index is -0.755. The van der Waals surface area contributed by atoms with Crippen molar-refractivity contribution in [3.8, 4) is 11.5 Å². The molecule has 2 aromatic rings. The third-order valence-corrected chi connectivity index (χ3v) is 6.94. The summed E-state index contributed by atoms with van der Waals surface area (Å²) in [7, 11) is 1.41. The number of hydrogen-bond donors (Lipinski definition) is 0. The van der Waals surface area contributed by atoms with Crippen LogP contribution in [0.3, 0.4) is 0 Å². The molecule has 11 heteroatoms. The molecule has 0 unspecified atom stereocenters. The largest absolute Gasteiger partial charge is 0.493 e. The quantitative estimate of drug-likeness (QED) is 0.296. The summed E-state index contributed by atoms with van der Waals surface area (Å²) in [6.07, 6.45) is 3.25. The van der Waals surface area contributed by atoms with Gasteiger partial charge in [0.2, 0.25) is 5.91 Å². The molecular weight excluding hydrogens is 515 g/mol. The zero-order valence-corrected chi connectivity index (χ0v) is 20.9. The summed E-state index contributed by atoms with van der Waals surface area (Å²) < 4.78 is 10.9. The number of carbonyl (C=O) groups excluding carboxylic acids is 4. The number of thioether (sulfide) groups is 1. The van der Waals surface area contributed by atoms with Gasteiger partial charge in [0.1, 0.15) is 6.54 Å². The monoisotopic (exact) mass is 534 g/mol. The second-order valence-electron chi connectivity index (χ2n) is 7.75. The number of amides is 3. The van der Waals surface area contributed by atoms with Crippen molar-refractivity contribution in [3.63, 3.8) is 0 Å². The van der Waals surface area contributed by atoms with Crippen molar-refractivity contribution in [2.24, 2.45) is 0 Å². The Balaban J connectivity index is 1.59. The Morgan fingerprint density at radius 2 is 1.86 bits per heavy atom. The van der Waals surface area contributed by atoms with Gasteiger partial charge in [-0.1, -0.05) is 35.3 Å². The third-order valence-electron chi connectivity index (χ3n) is 5.49. The molecule has 0 bridgehead atoms. The maximum atomic E-state index is 12.9. The molecule has 0 aliphatic carbocycles. The Labute approximate surface area is 215 Å². The number of halogens is 2. The molecule has 8 nitrogen and oxygen atoms in total. The summed E-state index contributed by atoms with van der Waals surface area (Å²) in [6, 6.07) is 9.21. The summed E-state index contributed by atoms with van der Waals surface area (Å²) in [4.78, 5) is 53.4. The third kappa shape index (κ3) is 5.47. The number of imide groups is 1. The molecule has 0 atom stereocenters. The van der Waals surface area contributed by atoms with Crippen molar-refractivity contribution < 1.29 is 28.7 Å². The Bertz CT molecular complexity index is 1240. The molecule has 0 saturated carbocycles. The summed E-state index contributed by atoms with van der Waals surface area (Å²) in [5, 5.41) is -0.0608. The number of likely N-dealkylation sites (tertiary alicyclic amines) is 1. The van der Waals surface area contributed by atoms with E-state index in [-0.39, 0.29) is 39.4 Å². The fourth-order valence-corrected chi connectivity index (χ4v) is 5.01. The lowest BCUT2D eigenvalue weighted by molar-refractivity contribution is -0.135. The summed E-state index contributed by atoms with van der Waals surface area (Å²) in [5.41, 5.74) is 0.424. The van der Waals surface area contributed by atoms with E-state index in [1.54, 1.807) is 23.1 Å². The molecular formula is C24H20Cl2N2O6S. The van der Waals surface area contributed by atoms with E-state index in [9.17, 15) is 19.2 Å². The lowest BCUT2D eigenvalue weighted by Crippen LogP contribution is -2.40. The number of esters is 1. The summed E-state index contributed by atoms with van der Waals surface area (Å²) in [5.74, 6) is -1.32. The van der Waals surface area contributed by atoms with Gasteiger partial charge in [0.05, 0.1) is 22.6 Å². The molecule has 2 aromatic carbocycles. The predicted molar refractivity (Wildman–Crippen MR) is 133 cm³/mol. The number of ether oxygens (including phenoxy) is 2. The van der Waals surface area contributed by atoms with Crippen LogP contribution in [-0.2, 0) is 9.59 Å². The van der Waals surface area contributed by atoms with Crippen molar-refractivity contribution >= 4 is 64.1 Å². The second-order valence-corrected chi connectivity index (χ2v) is 9.58. The van der Waals surface area contributed by atoms with E-state index in [2.05, 4.69) is 0 Å². The number of para-hydroxylation sites is 1. The average Bonchev–Trinajstić information content (AvgIpc) is 3.45. The van der Waals surface area contributed by atoms with E-state index in [1.807, 2.05) is 0 Å². The summed E-state index contributed by atoms with van der Waals surface area (Å²) in [6.45, 7) is 0.944. The molecule has 2 saturated heterocycles. The maximum absolute atomic E-state index is 12.9. The van der Waals surface area contributed by atoms with E-state index in [0.717, 1.165) is 17.7 Å². The van der Waals surface area contributed by atoms with E-state index in [1.165, 1.54) is 31.4 Å². The van der Waals surface area contributed by atoms with Crippen molar-refractivity contribution in [1.29, 1.82) is 0 Å². The van der Waals surface area contributed by atoms with Crippen molar-refractivity contribution in [2.45, 2.75) is 12.8 Å². The van der Waals surface area contributed by atoms with Crippen molar-refractivity contribution in [1.82, 2.24) is 9.80 Å². The Morgan fingerprint density at radius 3 is 2.54 bits per heavy atom. The number of nitrogens with zero attached hydrogens (tertiary/aromatic N) is 2. The number of carbonyl (C=O) groups is 4. The Hall–Kier alpha value is -3.01. The molecule has 3 amide bonds. The molecule has 0 N–H and O–H groups in total. The van der Waals surface area contributed by atoms with Gasteiger partial charge < -0.3 is 14.4 Å². The van der Waals surface area contributed by atoms with Gasteiger partial charge in [-0.05, 0) is 54.9 Å². The average molecular weight is 535 g/mol. The molecule has 4 rings (SSSR count). The van der Waals surface area contributed by atoms with Crippen LogP contribution in [0.2, 0.25) is 10.0 Å². The fourth-order valence-electron chi connectivity index (χ4n) is 3.70. The number of rotatable bonds is 6. The second kappa shape index (κ2) is 10.7. The van der Waals surface area contributed by atoms with Gasteiger partial charge in [0, 0.05) is 23.7 Å². The van der Waals surface area contributed by atoms with Crippen LogP contribution >= 0.6 is 35.0 Å². The zero-order valence-electron chi connectivity index (χ0n) is 18.6. The summed E-state index contributed by atoms with van der Waals surface area (Å²) >= 11 is 12.7. The molecule has 2 aliphatic heterocycles. The van der Waals surface area contributed by atoms with E-state index in [0.29, 0.717) is 35.4 Å². The first-order chi connectivity index (χ1) is 16.8. The van der Waals surface area contributed by atoms with Gasteiger partial charge in [-0.25, -0.2) is 4.79 Å². The Kier molecular flexibility index (Phi) is 7.69. The molecule has 2 fully saturated rings. The van der Waals surface area contributed by atoms with Gasteiger partial charge in [-0.3, -0.25) is 19.3 Å². The van der Waals surface area contributed by atoms with Crippen LogP contribution in [0, 0.1) is 0 Å². The molecule has 0 spiro atoms. The van der Waals surface area contributed by atoms with Crippen LogP contribution in [0.25, 0.3) is 6.08 Å². The first-order valence-corrected chi connectivity index (χ1v) is 12.2. The molecule has 2 aliphatic rings. The van der Waals surface area contributed by atoms with Crippen LogP contribution in [0.4, 0.5) is 4.79 Å². The van der Waals surface area contributed by atoms with Crippen LogP contribution in [0.15, 0.2) is 41.3 Å². The topological polar surface area (TPSA) is 93.2 Å². The van der Waals surface area contributed by atoms with Crippen LogP contribution in [0.1, 0.15) is 28.8 Å².